The van der Waals surface area contributed by atoms with Gasteiger partial charge < -0.3 is 14.2 Å². The molecule has 24 heavy (non-hydrogen) atoms. The van der Waals surface area contributed by atoms with Gasteiger partial charge in [0.05, 0.1) is 12.6 Å². The smallest absolute Gasteiger partial charge is 0.167 e. The van der Waals surface area contributed by atoms with Crippen LogP contribution in [0.3, 0.4) is 0 Å². The van der Waals surface area contributed by atoms with Gasteiger partial charge in [0.1, 0.15) is 0 Å². The van der Waals surface area contributed by atoms with E-state index in [9.17, 15) is 4.39 Å². The molecule has 2 heterocycles. The molecule has 0 saturated heterocycles. The zero-order valence-electron chi connectivity index (χ0n) is 14.3. The first-order valence-electron chi connectivity index (χ1n) is 8.24. The molecular weight excluding hydrogens is 303 g/mol. The van der Waals surface area contributed by atoms with Gasteiger partial charge in [-0.1, -0.05) is 11.6 Å². The molecule has 3 aromatic rings. The Labute approximate surface area is 141 Å². The van der Waals surface area contributed by atoms with Gasteiger partial charge in [0.2, 0.25) is 0 Å². The Balaban J connectivity index is 2.00. The van der Waals surface area contributed by atoms with E-state index in [1.807, 2.05) is 6.07 Å². The molecule has 1 aromatic heterocycles. The molecule has 0 aliphatic carbocycles. The number of nitrogens with zero attached hydrogens (tertiary/aromatic N) is 2. The first-order chi connectivity index (χ1) is 11.6. The van der Waals surface area contributed by atoms with Crippen molar-refractivity contribution in [1.82, 2.24) is 9.47 Å². The number of ether oxygens (including phenoxy) is 1. The molecule has 124 valence electrons. The van der Waals surface area contributed by atoms with Gasteiger partial charge in [-0.25, -0.2) is 4.39 Å². The number of hydrogen-bond acceptors (Lipinski definition) is 2. The Morgan fingerprint density at radius 2 is 1.96 bits per heavy atom. The number of methoxy groups -OCH3 is 1. The first kappa shape index (κ1) is 15.2. The zero-order valence-corrected chi connectivity index (χ0v) is 14.3. The van der Waals surface area contributed by atoms with Crippen molar-refractivity contribution in [3.05, 3.63) is 59.0 Å². The van der Waals surface area contributed by atoms with E-state index in [2.05, 4.69) is 41.6 Å². The first-order valence-corrected chi connectivity index (χ1v) is 8.24. The lowest BCUT2D eigenvalue weighted by molar-refractivity contribution is 0.311. The molecule has 0 bridgehead atoms. The van der Waals surface area contributed by atoms with Crippen LogP contribution in [0.2, 0.25) is 0 Å². The van der Waals surface area contributed by atoms with Crippen molar-refractivity contribution in [2.24, 2.45) is 0 Å². The maximum absolute atomic E-state index is 14.3. The van der Waals surface area contributed by atoms with Crippen molar-refractivity contribution in [1.29, 1.82) is 0 Å². The van der Waals surface area contributed by atoms with Gasteiger partial charge >= 0.3 is 0 Å². The lowest BCUT2D eigenvalue weighted by Crippen LogP contribution is -2.27. The van der Waals surface area contributed by atoms with Crippen LogP contribution >= 0.6 is 0 Å². The van der Waals surface area contributed by atoms with E-state index < -0.39 is 0 Å². The fraction of sp³-hybridized carbons (Fsp3) is 0.300. The number of rotatable bonds is 2. The lowest BCUT2D eigenvalue weighted by Gasteiger charge is -2.24. The standard InChI is InChI=1S/C20H21FN2O/c1-13-4-6-18-15(10-13)16-12-22(2)9-8-19(16)23(18)14-5-7-20(24-3)17(21)11-14/h4-7,10-11H,8-9,12H2,1-3H3. The number of aryl methyl sites for hydroxylation is 1. The molecule has 4 heteroatoms. The summed E-state index contributed by atoms with van der Waals surface area (Å²) < 4.78 is 21.5. The van der Waals surface area contributed by atoms with Gasteiger partial charge in [-0.05, 0) is 43.8 Å². The van der Waals surface area contributed by atoms with Crippen molar-refractivity contribution < 1.29 is 9.13 Å². The van der Waals surface area contributed by atoms with E-state index in [0.29, 0.717) is 0 Å². The number of benzene rings is 2. The minimum atomic E-state index is -0.328. The Kier molecular flexibility index (Phi) is 3.57. The third kappa shape index (κ3) is 2.29. The minimum absolute atomic E-state index is 0.277. The molecule has 0 fully saturated rings. The van der Waals surface area contributed by atoms with Crippen molar-refractivity contribution in [3.8, 4) is 11.4 Å². The number of likely N-dealkylation sites (N-methyl/N-ethyl adjacent to an activating group) is 1. The highest BCUT2D eigenvalue weighted by atomic mass is 19.1. The largest absolute Gasteiger partial charge is 0.494 e. The van der Waals surface area contributed by atoms with Gasteiger partial charge in [0.25, 0.3) is 0 Å². The Bertz CT molecular complexity index is 929. The topological polar surface area (TPSA) is 17.4 Å². The van der Waals surface area contributed by atoms with Crippen LogP contribution in [0.5, 0.6) is 5.75 Å². The highest BCUT2D eigenvalue weighted by molar-refractivity contribution is 5.88. The van der Waals surface area contributed by atoms with E-state index >= 15 is 0 Å². The second-order valence-corrected chi connectivity index (χ2v) is 6.59. The summed E-state index contributed by atoms with van der Waals surface area (Å²) in [5.74, 6) is -0.0507. The summed E-state index contributed by atoms with van der Waals surface area (Å²) in [4.78, 5) is 2.34. The van der Waals surface area contributed by atoms with E-state index in [1.54, 1.807) is 12.1 Å². The quantitative estimate of drug-likeness (QED) is 0.707. The normalized spacial score (nSPS) is 14.8. The van der Waals surface area contributed by atoms with E-state index in [4.69, 9.17) is 4.74 Å². The number of hydrogen-bond donors (Lipinski definition) is 0. The summed E-state index contributed by atoms with van der Waals surface area (Å²) >= 11 is 0. The summed E-state index contributed by atoms with van der Waals surface area (Å²) in [6, 6.07) is 11.7. The van der Waals surface area contributed by atoms with Crippen LogP contribution in [0, 0.1) is 12.7 Å². The van der Waals surface area contributed by atoms with Crippen LogP contribution in [-0.2, 0) is 13.0 Å². The van der Waals surface area contributed by atoms with Crippen molar-refractivity contribution >= 4 is 10.9 Å². The second kappa shape index (κ2) is 5.64. The van der Waals surface area contributed by atoms with Crippen LogP contribution in [0.4, 0.5) is 4.39 Å². The fourth-order valence-corrected chi connectivity index (χ4v) is 3.70. The van der Waals surface area contributed by atoms with Crippen molar-refractivity contribution in [3.63, 3.8) is 0 Å². The summed E-state index contributed by atoms with van der Waals surface area (Å²) in [6.07, 6.45) is 0.965. The van der Waals surface area contributed by atoms with Gasteiger partial charge in [0.15, 0.2) is 11.6 Å². The maximum atomic E-state index is 14.3. The number of aromatic nitrogens is 1. The summed E-state index contributed by atoms with van der Waals surface area (Å²) in [5.41, 5.74) is 5.90. The summed E-state index contributed by atoms with van der Waals surface area (Å²) in [6.45, 7) is 4.06. The molecule has 0 unspecified atom stereocenters. The molecule has 4 rings (SSSR count). The number of fused-ring (bicyclic) bond motifs is 3. The van der Waals surface area contributed by atoms with Crippen LogP contribution in [-0.4, -0.2) is 30.2 Å². The highest BCUT2D eigenvalue weighted by Crippen LogP contribution is 2.34. The molecule has 1 aliphatic heterocycles. The lowest BCUT2D eigenvalue weighted by atomic mass is 10.0. The molecule has 0 radical (unpaired) electrons. The maximum Gasteiger partial charge on any atom is 0.167 e. The van der Waals surface area contributed by atoms with Gasteiger partial charge in [0, 0.05) is 42.3 Å². The van der Waals surface area contributed by atoms with E-state index in [0.717, 1.165) is 30.7 Å². The highest BCUT2D eigenvalue weighted by Gasteiger charge is 2.23. The van der Waals surface area contributed by atoms with E-state index in [1.165, 1.54) is 29.3 Å². The van der Waals surface area contributed by atoms with Crippen LogP contribution in [0.25, 0.3) is 16.6 Å². The van der Waals surface area contributed by atoms with Crippen LogP contribution < -0.4 is 4.74 Å². The second-order valence-electron chi connectivity index (χ2n) is 6.59. The summed E-state index contributed by atoms with van der Waals surface area (Å²) in [7, 11) is 3.64. The zero-order chi connectivity index (χ0) is 16.8. The molecule has 0 N–H and O–H groups in total. The predicted molar refractivity (Wildman–Crippen MR) is 94.6 cm³/mol. The average molecular weight is 324 g/mol. The van der Waals surface area contributed by atoms with Crippen molar-refractivity contribution in [2.45, 2.75) is 19.9 Å². The Hall–Kier alpha value is -2.33. The average Bonchev–Trinajstić information content (AvgIpc) is 2.88. The molecule has 3 nitrogen and oxygen atoms in total. The van der Waals surface area contributed by atoms with E-state index in [-0.39, 0.29) is 11.6 Å². The molecular formula is C20H21FN2O. The molecule has 2 aromatic carbocycles. The predicted octanol–water partition coefficient (Wildman–Crippen LogP) is 4.07. The molecule has 0 amide bonds. The van der Waals surface area contributed by atoms with Crippen molar-refractivity contribution in [2.75, 3.05) is 20.7 Å². The Morgan fingerprint density at radius 1 is 1.12 bits per heavy atom. The molecule has 1 aliphatic rings. The SMILES string of the molecule is COc1ccc(-n2c3c(c4cc(C)ccc42)CN(C)CC3)cc1F. The van der Waals surface area contributed by atoms with Crippen LogP contribution in [0.15, 0.2) is 36.4 Å². The molecule has 0 atom stereocenters. The molecule has 0 saturated carbocycles. The van der Waals surface area contributed by atoms with Crippen LogP contribution in [0.1, 0.15) is 16.8 Å². The summed E-state index contributed by atoms with van der Waals surface area (Å²) in [5, 5.41) is 1.27. The van der Waals surface area contributed by atoms with Gasteiger partial charge in [-0.2, -0.15) is 0 Å². The van der Waals surface area contributed by atoms with Gasteiger partial charge in [-0.3, -0.25) is 0 Å². The van der Waals surface area contributed by atoms with Gasteiger partial charge in [-0.15, -0.1) is 0 Å². The Morgan fingerprint density at radius 3 is 2.71 bits per heavy atom. The minimum Gasteiger partial charge on any atom is -0.494 e. The monoisotopic (exact) mass is 324 g/mol. The fourth-order valence-electron chi connectivity index (χ4n) is 3.70. The molecule has 0 spiro atoms. The third-order valence-corrected chi connectivity index (χ3v) is 4.89. The third-order valence-electron chi connectivity index (χ3n) is 4.89. The number of halogens is 1.